The molecular formula is C8H4N2O. The third kappa shape index (κ3) is 0.767. The van der Waals surface area contributed by atoms with Crippen LogP contribution in [0.15, 0.2) is 29.1 Å². The molecule has 0 aromatic carbocycles. The molecule has 0 N–H and O–H groups in total. The smallest absolute Gasteiger partial charge is 0.153 e. The maximum Gasteiger partial charge on any atom is 0.153 e. The summed E-state index contributed by atoms with van der Waals surface area (Å²) in [5, 5.41) is 9.42. The quantitative estimate of drug-likeness (QED) is 0.565. The van der Waals surface area contributed by atoms with Crippen molar-refractivity contribution in [2.75, 3.05) is 0 Å². The molecule has 0 saturated carbocycles. The minimum atomic E-state index is 0.558. The summed E-state index contributed by atoms with van der Waals surface area (Å²) >= 11 is 0. The van der Waals surface area contributed by atoms with E-state index in [4.69, 9.17) is 9.68 Å². The highest BCUT2D eigenvalue weighted by molar-refractivity contribution is 5.82. The van der Waals surface area contributed by atoms with Gasteiger partial charge in [0.25, 0.3) is 0 Å². The Morgan fingerprint density at radius 3 is 3.27 bits per heavy atom. The highest BCUT2D eigenvalue weighted by Gasteiger charge is 2.02. The molecule has 52 valence electrons. The number of aromatic nitrogens is 1. The molecule has 0 aliphatic rings. The van der Waals surface area contributed by atoms with Gasteiger partial charge >= 0.3 is 0 Å². The van der Waals surface area contributed by atoms with Crippen LogP contribution in [0.25, 0.3) is 11.0 Å². The fraction of sp³-hybridized carbons (Fsp3) is 0. The van der Waals surface area contributed by atoms with E-state index >= 15 is 0 Å². The number of fused-ring (bicyclic) bond motifs is 1. The molecule has 2 heterocycles. The van der Waals surface area contributed by atoms with Gasteiger partial charge in [-0.15, -0.1) is 0 Å². The van der Waals surface area contributed by atoms with Crippen LogP contribution in [0.5, 0.6) is 0 Å². The molecule has 0 amide bonds. The van der Waals surface area contributed by atoms with Gasteiger partial charge in [0.2, 0.25) is 0 Å². The van der Waals surface area contributed by atoms with Gasteiger partial charge in [-0.1, -0.05) is 0 Å². The van der Waals surface area contributed by atoms with Crippen LogP contribution in [0.2, 0.25) is 0 Å². The summed E-state index contributed by atoms with van der Waals surface area (Å²) in [5.74, 6) is 0. The zero-order valence-corrected chi connectivity index (χ0v) is 5.61. The molecule has 0 aliphatic carbocycles. The highest BCUT2D eigenvalue weighted by Crippen LogP contribution is 2.17. The van der Waals surface area contributed by atoms with Gasteiger partial charge in [0.05, 0.1) is 11.8 Å². The lowest BCUT2D eigenvalue weighted by Crippen LogP contribution is -1.70. The first-order chi connectivity index (χ1) is 5.42. The summed E-state index contributed by atoms with van der Waals surface area (Å²) in [6.45, 7) is 0. The molecular weight excluding hydrogens is 140 g/mol. The van der Waals surface area contributed by atoms with Crippen LogP contribution in [0.4, 0.5) is 0 Å². The summed E-state index contributed by atoms with van der Waals surface area (Å²) in [6, 6.07) is 3.79. The lowest BCUT2D eigenvalue weighted by Gasteiger charge is -1.82. The molecule has 2 rings (SSSR count). The molecule has 0 fully saturated rings. The van der Waals surface area contributed by atoms with Gasteiger partial charge in [0, 0.05) is 11.6 Å². The molecule has 0 atom stereocenters. The SMILES string of the molecule is N#Cc1coc2cnccc12. The zero-order chi connectivity index (χ0) is 7.68. The second-order valence-corrected chi connectivity index (χ2v) is 2.13. The van der Waals surface area contributed by atoms with E-state index in [1.807, 2.05) is 6.07 Å². The third-order valence-electron chi connectivity index (χ3n) is 1.50. The van der Waals surface area contributed by atoms with E-state index in [1.165, 1.54) is 6.26 Å². The molecule has 3 nitrogen and oxygen atoms in total. The van der Waals surface area contributed by atoms with E-state index < -0.39 is 0 Å². The Bertz CT molecular complexity index is 425. The Balaban J connectivity index is 2.89. The Morgan fingerprint density at radius 2 is 2.45 bits per heavy atom. The van der Waals surface area contributed by atoms with Crippen LogP contribution < -0.4 is 0 Å². The zero-order valence-electron chi connectivity index (χ0n) is 5.61. The van der Waals surface area contributed by atoms with E-state index in [2.05, 4.69) is 4.98 Å². The summed E-state index contributed by atoms with van der Waals surface area (Å²) in [4.78, 5) is 3.86. The van der Waals surface area contributed by atoms with Crippen molar-refractivity contribution >= 4 is 11.0 Å². The van der Waals surface area contributed by atoms with Gasteiger partial charge in [-0.05, 0) is 6.07 Å². The van der Waals surface area contributed by atoms with Gasteiger partial charge in [0.1, 0.15) is 12.3 Å². The van der Waals surface area contributed by atoms with Crippen molar-refractivity contribution < 1.29 is 4.42 Å². The second-order valence-electron chi connectivity index (χ2n) is 2.13. The first-order valence-corrected chi connectivity index (χ1v) is 3.13. The topological polar surface area (TPSA) is 49.8 Å². The number of hydrogen-bond donors (Lipinski definition) is 0. The van der Waals surface area contributed by atoms with Crippen molar-refractivity contribution in [3.05, 3.63) is 30.3 Å². The van der Waals surface area contributed by atoms with Crippen LogP contribution in [0.1, 0.15) is 5.56 Å². The molecule has 2 aromatic heterocycles. The molecule has 0 spiro atoms. The van der Waals surface area contributed by atoms with Crippen LogP contribution in [-0.4, -0.2) is 4.98 Å². The molecule has 0 bridgehead atoms. The number of hydrogen-bond acceptors (Lipinski definition) is 3. The first kappa shape index (κ1) is 5.93. The maximum absolute atomic E-state index is 8.59. The number of furan rings is 1. The third-order valence-corrected chi connectivity index (χ3v) is 1.50. The van der Waals surface area contributed by atoms with E-state index in [-0.39, 0.29) is 0 Å². The summed E-state index contributed by atoms with van der Waals surface area (Å²) in [5.41, 5.74) is 1.21. The van der Waals surface area contributed by atoms with Crippen molar-refractivity contribution in [2.24, 2.45) is 0 Å². The van der Waals surface area contributed by atoms with E-state index in [0.717, 1.165) is 5.39 Å². The van der Waals surface area contributed by atoms with Crippen LogP contribution in [0.3, 0.4) is 0 Å². The second kappa shape index (κ2) is 2.10. The lowest BCUT2D eigenvalue weighted by molar-refractivity contribution is 0.613. The van der Waals surface area contributed by atoms with Gasteiger partial charge in [0.15, 0.2) is 5.58 Å². The molecule has 0 saturated heterocycles. The molecule has 3 heteroatoms. The van der Waals surface area contributed by atoms with Crippen molar-refractivity contribution in [3.8, 4) is 6.07 Å². The molecule has 0 radical (unpaired) electrons. The van der Waals surface area contributed by atoms with E-state index in [0.29, 0.717) is 11.1 Å². The summed E-state index contributed by atoms with van der Waals surface area (Å²) in [6.07, 6.45) is 4.67. The van der Waals surface area contributed by atoms with Crippen molar-refractivity contribution in [1.29, 1.82) is 5.26 Å². The predicted molar refractivity (Wildman–Crippen MR) is 38.7 cm³/mol. The summed E-state index contributed by atoms with van der Waals surface area (Å²) < 4.78 is 5.05. The standard InChI is InChI=1S/C8H4N2O/c9-3-6-5-11-8-4-10-2-1-7(6)8/h1-2,4-5H. The van der Waals surface area contributed by atoms with Crippen LogP contribution >= 0.6 is 0 Å². The minimum absolute atomic E-state index is 0.558. The maximum atomic E-state index is 8.59. The monoisotopic (exact) mass is 144 g/mol. The van der Waals surface area contributed by atoms with Crippen molar-refractivity contribution in [1.82, 2.24) is 4.98 Å². The lowest BCUT2D eigenvalue weighted by atomic mass is 10.2. The number of nitriles is 1. The predicted octanol–water partition coefficient (Wildman–Crippen LogP) is 1.70. The largest absolute Gasteiger partial charge is 0.461 e. The molecule has 0 aliphatic heterocycles. The van der Waals surface area contributed by atoms with Crippen molar-refractivity contribution in [2.45, 2.75) is 0 Å². The summed E-state index contributed by atoms with van der Waals surface area (Å²) in [7, 11) is 0. The Kier molecular flexibility index (Phi) is 1.13. The first-order valence-electron chi connectivity index (χ1n) is 3.13. The molecule has 2 aromatic rings. The average molecular weight is 144 g/mol. The average Bonchev–Trinajstić information content (AvgIpc) is 2.47. The number of rotatable bonds is 0. The Labute approximate surface area is 62.9 Å². The van der Waals surface area contributed by atoms with Gasteiger partial charge in [-0.25, -0.2) is 0 Å². The fourth-order valence-electron chi connectivity index (χ4n) is 0.969. The van der Waals surface area contributed by atoms with Crippen LogP contribution in [-0.2, 0) is 0 Å². The highest BCUT2D eigenvalue weighted by atomic mass is 16.3. The number of nitrogens with zero attached hydrogens (tertiary/aromatic N) is 2. The van der Waals surface area contributed by atoms with E-state index in [9.17, 15) is 0 Å². The van der Waals surface area contributed by atoms with Crippen molar-refractivity contribution in [3.63, 3.8) is 0 Å². The normalized spacial score (nSPS) is 9.73. The van der Waals surface area contributed by atoms with E-state index in [1.54, 1.807) is 18.5 Å². The molecule has 0 unspecified atom stereocenters. The number of pyridine rings is 1. The Hall–Kier alpha value is -1.82. The fourth-order valence-corrected chi connectivity index (χ4v) is 0.969. The van der Waals surface area contributed by atoms with Gasteiger partial charge < -0.3 is 4.42 Å². The molecule has 11 heavy (non-hydrogen) atoms. The Morgan fingerprint density at radius 1 is 1.55 bits per heavy atom. The van der Waals surface area contributed by atoms with Gasteiger partial charge in [-0.2, -0.15) is 5.26 Å². The van der Waals surface area contributed by atoms with Crippen LogP contribution in [0, 0.1) is 11.3 Å². The minimum Gasteiger partial charge on any atom is -0.461 e. The van der Waals surface area contributed by atoms with Gasteiger partial charge in [-0.3, -0.25) is 4.98 Å².